The molecule has 0 spiro atoms. The number of amides is 2. The van der Waals surface area contributed by atoms with Crippen LogP contribution in [0.25, 0.3) is 0 Å². The minimum atomic E-state index is -0.570. The molecule has 32 heavy (non-hydrogen) atoms. The first kappa shape index (κ1) is 23.9. The molecule has 6 nitrogen and oxygen atoms in total. The molecular formula is C25H30N2O4S. The first-order valence-electron chi connectivity index (χ1n) is 11.0. The van der Waals surface area contributed by atoms with Crippen molar-refractivity contribution in [1.82, 2.24) is 5.32 Å². The Morgan fingerprint density at radius 3 is 2.47 bits per heavy atom. The van der Waals surface area contributed by atoms with Gasteiger partial charge < -0.3 is 15.4 Å². The molecular weight excluding hydrogens is 424 g/mol. The summed E-state index contributed by atoms with van der Waals surface area (Å²) in [6.45, 7) is 3.81. The van der Waals surface area contributed by atoms with Crippen LogP contribution in [0, 0.1) is 12.8 Å². The summed E-state index contributed by atoms with van der Waals surface area (Å²) in [6, 6.07) is 14.6. The molecule has 2 atom stereocenters. The predicted molar refractivity (Wildman–Crippen MR) is 127 cm³/mol. The molecule has 2 aromatic carbocycles. The quantitative estimate of drug-likeness (QED) is 0.451. The van der Waals surface area contributed by atoms with Crippen molar-refractivity contribution in [3.63, 3.8) is 0 Å². The van der Waals surface area contributed by atoms with Gasteiger partial charge in [0.05, 0.1) is 11.3 Å². The summed E-state index contributed by atoms with van der Waals surface area (Å²) < 4.78 is 5.26. The first-order valence-corrected chi connectivity index (χ1v) is 12.0. The maximum absolute atomic E-state index is 12.6. The van der Waals surface area contributed by atoms with E-state index in [-0.39, 0.29) is 30.2 Å². The van der Waals surface area contributed by atoms with Crippen molar-refractivity contribution < 1.29 is 19.1 Å². The molecule has 0 unspecified atom stereocenters. The van der Waals surface area contributed by atoms with Crippen LogP contribution in [0.1, 0.15) is 48.5 Å². The van der Waals surface area contributed by atoms with Gasteiger partial charge in [0.25, 0.3) is 5.91 Å². The third kappa shape index (κ3) is 7.12. The second kappa shape index (κ2) is 11.7. The monoisotopic (exact) mass is 454 g/mol. The van der Waals surface area contributed by atoms with Gasteiger partial charge in [-0.25, -0.2) is 4.79 Å². The lowest BCUT2D eigenvalue weighted by molar-refractivity contribution is -0.125. The minimum Gasteiger partial charge on any atom is -0.452 e. The van der Waals surface area contributed by atoms with Gasteiger partial charge >= 0.3 is 5.97 Å². The summed E-state index contributed by atoms with van der Waals surface area (Å²) in [5.41, 5.74) is 2.19. The van der Waals surface area contributed by atoms with Crippen molar-refractivity contribution >= 4 is 35.2 Å². The van der Waals surface area contributed by atoms with Crippen LogP contribution in [0.5, 0.6) is 0 Å². The van der Waals surface area contributed by atoms with Crippen molar-refractivity contribution in [2.75, 3.05) is 17.7 Å². The SMILES string of the molecule is Cc1ccc(NC(=O)CSc2ccccc2C(=O)OCC(=O)N[C@@H]2CCCC[C@@H]2C)cc1. The summed E-state index contributed by atoms with van der Waals surface area (Å²) in [5.74, 6) is -0.425. The van der Waals surface area contributed by atoms with Crippen molar-refractivity contribution in [3.05, 3.63) is 59.7 Å². The van der Waals surface area contributed by atoms with Gasteiger partial charge in [0.2, 0.25) is 5.91 Å². The van der Waals surface area contributed by atoms with Gasteiger partial charge in [-0.05, 0) is 49.9 Å². The maximum Gasteiger partial charge on any atom is 0.339 e. The Hall–Kier alpha value is -2.80. The second-order valence-electron chi connectivity index (χ2n) is 8.21. The van der Waals surface area contributed by atoms with Crippen molar-refractivity contribution in [2.24, 2.45) is 5.92 Å². The van der Waals surface area contributed by atoms with E-state index in [0.717, 1.165) is 30.5 Å². The van der Waals surface area contributed by atoms with Crippen LogP contribution in [0.3, 0.4) is 0 Å². The Balaban J connectivity index is 1.50. The van der Waals surface area contributed by atoms with Crippen molar-refractivity contribution in [3.8, 4) is 0 Å². The molecule has 1 fully saturated rings. The zero-order valence-electron chi connectivity index (χ0n) is 18.6. The number of ether oxygens (including phenoxy) is 1. The number of nitrogens with one attached hydrogen (secondary N) is 2. The Morgan fingerprint density at radius 1 is 1.00 bits per heavy atom. The average Bonchev–Trinajstić information content (AvgIpc) is 2.79. The highest BCUT2D eigenvalue weighted by Crippen LogP contribution is 2.25. The van der Waals surface area contributed by atoms with Gasteiger partial charge in [-0.3, -0.25) is 9.59 Å². The Morgan fingerprint density at radius 2 is 1.72 bits per heavy atom. The normalized spacial score (nSPS) is 17.9. The molecule has 2 amide bonds. The van der Waals surface area contributed by atoms with E-state index in [1.165, 1.54) is 18.2 Å². The van der Waals surface area contributed by atoms with E-state index in [4.69, 9.17) is 4.74 Å². The van der Waals surface area contributed by atoms with Crippen LogP contribution >= 0.6 is 11.8 Å². The number of thioether (sulfide) groups is 1. The van der Waals surface area contributed by atoms with Crippen LogP contribution in [-0.2, 0) is 14.3 Å². The summed E-state index contributed by atoms with van der Waals surface area (Å²) in [6.07, 6.45) is 4.37. The lowest BCUT2D eigenvalue weighted by atomic mass is 9.86. The van der Waals surface area contributed by atoms with Crippen molar-refractivity contribution in [2.45, 2.75) is 50.5 Å². The lowest BCUT2D eigenvalue weighted by Gasteiger charge is -2.29. The zero-order valence-corrected chi connectivity index (χ0v) is 19.4. The fourth-order valence-electron chi connectivity index (χ4n) is 3.73. The number of esters is 1. The summed E-state index contributed by atoms with van der Waals surface area (Å²) >= 11 is 1.26. The third-order valence-electron chi connectivity index (χ3n) is 5.59. The van der Waals surface area contributed by atoms with Gasteiger partial charge in [-0.2, -0.15) is 0 Å². The van der Waals surface area contributed by atoms with E-state index < -0.39 is 5.97 Å². The molecule has 2 aromatic rings. The molecule has 0 heterocycles. The van der Waals surface area contributed by atoms with Gasteiger partial charge in [-0.15, -0.1) is 11.8 Å². The number of hydrogen-bond acceptors (Lipinski definition) is 5. The van der Waals surface area contributed by atoms with E-state index in [9.17, 15) is 14.4 Å². The Bertz CT molecular complexity index is 945. The Labute approximate surface area is 193 Å². The molecule has 0 radical (unpaired) electrons. The van der Waals surface area contributed by atoms with E-state index in [2.05, 4.69) is 17.6 Å². The molecule has 170 valence electrons. The van der Waals surface area contributed by atoms with Crippen LogP contribution in [0.15, 0.2) is 53.4 Å². The number of rotatable bonds is 8. The molecule has 7 heteroatoms. The highest BCUT2D eigenvalue weighted by Gasteiger charge is 2.23. The third-order valence-corrected chi connectivity index (χ3v) is 6.67. The van der Waals surface area contributed by atoms with E-state index >= 15 is 0 Å². The van der Waals surface area contributed by atoms with Gasteiger partial charge in [0.1, 0.15) is 0 Å². The number of aryl methyl sites for hydroxylation is 1. The maximum atomic E-state index is 12.6. The van der Waals surface area contributed by atoms with Crippen LogP contribution < -0.4 is 10.6 Å². The topological polar surface area (TPSA) is 84.5 Å². The second-order valence-corrected chi connectivity index (χ2v) is 9.23. The van der Waals surface area contributed by atoms with Crippen LogP contribution in [0.4, 0.5) is 5.69 Å². The standard InChI is InChI=1S/C25H30N2O4S/c1-17-11-13-19(14-12-17)26-24(29)16-32-22-10-6-4-8-20(22)25(30)31-15-23(28)27-21-9-5-3-7-18(21)2/h4,6,8,10-14,18,21H,3,5,7,9,15-16H2,1-2H3,(H,26,29)(H,27,28)/t18-,21+/m0/s1. The fourth-order valence-corrected chi connectivity index (χ4v) is 4.57. The summed E-state index contributed by atoms with van der Waals surface area (Å²) in [5, 5.41) is 5.82. The summed E-state index contributed by atoms with van der Waals surface area (Å²) in [4.78, 5) is 37.7. The number of benzene rings is 2. The minimum absolute atomic E-state index is 0.143. The molecule has 3 rings (SSSR count). The largest absolute Gasteiger partial charge is 0.452 e. The van der Waals surface area contributed by atoms with Gasteiger partial charge in [0.15, 0.2) is 6.61 Å². The highest BCUT2D eigenvalue weighted by atomic mass is 32.2. The molecule has 1 aliphatic rings. The van der Waals surface area contributed by atoms with Crippen LogP contribution in [0.2, 0.25) is 0 Å². The fraction of sp³-hybridized carbons (Fsp3) is 0.400. The van der Waals surface area contributed by atoms with Crippen LogP contribution in [-0.4, -0.2) is 36.2 Å². The van der Waals surface area contributed by atoms with E-state index in [1.54, 1.807) is 24.3 Å². The molecule has 2 N–H and O–H groups in total. The molecule has 1 saturated carbocycles. The molecule has 0 saturated heterocycles. The molecule has 1 aliphatic carbocycles. The first-order chi connectivity index (χ1) is 15.4. The van der Waals surface area contributed by atoms with Crippen molar-refractivity contribution in [1.29, 1.82) is 0 Å². The number of hydrogen-bond donors (Lipinski definition) is 2. The number of anilines is 1. The summed E-state index contributed by atoms with van der Waals surface area (Å²) in [7, 11) is 0. The molecule has 0 bridgehead atoms. The Kier molecular flexibility index (Phi) is 8.73. The number of carbonyl (C=O) groups excluding carboxylic acids is 3. The van der Waals surface area contributed by atoms with E-state index in [1.807, 2.05) is 31.2 Å². The molecule has 0 aliphatic heterocycles. The highest BCUT2D eigenvalue weighted by molar-refractivity contribution is 8.00. The number of carbonyl (C=O) groups is 3. The van der Waals surface area contributed by atoms with Gasteiger partial charge in [0, 0.05) is 16.6 Å². The predicted octanol–water partition coefficient (Wildman–Crippen LogP) is 4.58. The lowest BCUT2D eigenvalue weighted by Crippen LogP contribution is -2.42. The molecule has 0 aromatic heterocycles. The zero-order chi connectivity index (χ0) is 22.9. The van der Waals surface area contributed by atoms with Gasteiger partial charge in [-0.1, -0.05) is 49.6 Å². The smallest absolute Gasteiger partial charge is 0.339 e. The van der Waals surface area contributed by atoms with E-state index in [0.29, 0.717) is 16.4 Å². The average molecular weight is 455 g/mol.